The minimum Gasteiger partial charge on any atom is -0.491 e. The molecule has 0 amide bonds. The third-order valence-corrected chi connectivity index (χ3v) is 3.43. The van der Waals surface area contributed by atoms with E-state index in [2.05, 4.69) is 46.4 Å². The van der Waals surface area contributed by atoms with Crippen LogP contribution in [-0.2, 0) is 0 Å². The maximum absolute atomic E-state index is 5.74. The number of nitrogens with one attached hydrogen (secondary N) is 1. The highest BCUT2D eigenvalue weighted by Gasteiger charge is 2.05. The van der Waals surface area contributed by atoms with Crippen molar-refractivity contribution < 1.29 is 4.74 Å². The first-order chi connectivity index (χ1) is 8.33. The predicted octanol–water partition coefficient (Wildman–Crippen LogP) is 4.01. The molecule has 2 nitrogen and oxygen atoms in total. The fourth-order valence-electron chi connectivity index (χ4n) is 1.73. The van der Waals surface area contributed by atoms with Crippen molar-refractivity contribution >= 4 is 39.1 Å². The Labute approximate surface area is 122 Å². The molecule has 0 radical (unpaired) electrons. The molecule has 2 aromatic carbocycles. The van der Waals surface area contributed by atoms with E-state index in [0.717, 1.165) is 23.3 Å². The van der Waals surface area contributed by atoms with Crippen molar-refractivity contribution in [1.82, 2.24) is 5.32 Å². The van der Waals surface area contributed by atoms with Crippen molar-refractivity contribution in [1.29, 1.82) is 0 Å². The van der Waals surface area contributed by atoms with Crippen molar-refractivity contribution in [3.05, 3.63) is 40.9 Å². The molecule has 0 saturated carbocycles. The lowest BCUT2D eigenvalue weighted by Crippen LogP contribution is -2.20. The molecule has 18 heavy (non-hydrogen) atoms. The van der Waals surface area contributed by atoms with Gasteiger partial charge in [0.25, 0.3) is 0 Å². The first-order valence-corrected chi connectivity index (χ1v) is 6.63. The lowest BCUT2D eigenvalue weighted by molar-refractivity contribution is 0.314. The summed E-state index contributed by atoms with van der Waals surface area (Å²) in [6, 6.07) is 12.4. The second kappa shape index (κ2) is 7.62. The molecule has 0 aromatic heterocycles. The Hall–Kier alpha value is -0.770. The molecule has 0 saturated heterocycles. The van der Waals surface area contributed by atoms with Crippen LogP contribution in [0.1, 0.15) is 6.92 Å². The van der Waals surface area contributed by atoms with E-state index in [1.807, 2.05) is 18.2 Å². The van der Waals surface area contributed by atoms with Crippen LogP contribution in [0, 0.1) is 0 Å². The topological polar surface area (TPSA) is 21.3 Å². The molecule has 2 aromatic rings. The fourth-order valence-corrected chi connectivity index (χ4v) is 2.34. The first kappa shape index (κ1) is 15.3. The summed E-state index contributed by atoms with van der Waals surface area (Å²) >= 11 is 3.61. The number of halogens is 2. The highest BCUT2D eigenvalue weighted by atomic mass is 79.9. The highest BCUT2D eigenvalue weighted by Crippen LogP contribution is 2.32. The monoisotopic (exact) mass is 329 g/mol. The van der Waals surface area contributed by atoms with Crippen LogP contribution in [0.3, 0.4) is 0 Å². The zero-order chi connectivity index (χ0) is 12.1. The van der Waals surface area contributed by atoms with Gasteiger partial charge >= 0.3 is 0 Å². The average molecular weight is 331 g/mol. The van der Waals surface area contributed by atoms with Gasteiger partial charge in [0, 0.05) is 6.54 Å². The van der Waals surface area contributed by atoms with Gasteiger partial charge in [-0.05, 0) is 39.3 Å². The minimum absolute atomic E-state index is 0. The zero-order valence-corrected chi connectivity index (χ0v) is 12.7. The van der Waals surface area contributed by atoms with Crippen LogP contribution in [0.25, 0.3) is 10.8 Å². The molecule has 2 rings (SSSR count). The fraction of sp³-hybridized carbons (Fsp3) is 0.286. The molecule has 1 N–H and O–H groups in total. The summed E-state index contributed by atoms with van der Waals surface area (Å²) < 4.78 is 6.77. The lowest BCUT2D eigenvalue weighted by atomic mass is 10.1. The molecule has 0 aliphatic carbocycles. The summed E-state index contributed by atoms with van der Waals surface area (Å²) in [5.74, 6) is 0.904. The van der Waals surface area contributed by atoms with Crippen LogP contribution < -0.4 is 10.1 Å². The molecule has 0 heterocycles. The second-order valence-electron chi connectivity index (χ2n) is 3.80. The number of hydrogen-bond acceptors (Lipinski definition) is 2. The normalized spacial score (nSPS) is 10.1. The molecule has 0 bridgehead atoms. The van der Waals surface area contributed by atoms with Crippen molar-refractivity contribution in [3.63, 3.8) is 0 Å². The summed E-state index contributed by atoms with van der Waals surface area (Å²) in [5.41, 5.74) is 0. The van der Waals surface area contributed by atoms with Crippen molar-refractivity contribution in [2.75, 3.05) is 19.7 Å². The van der Waals surface area contributed by atoms with Crippen LogP contribution in [0.4, 0.5) is 0 Å². The van der Waals surface area contributed by atoms with Gasteiger partial charge in [0.2, 0.25) is 0 Å². The molecule has 98 valence electrons. The van der Waals surface area contributed by atoms with Gasteiger partial charge in [0.05, 0.1) is 4.47 Å². The Kier molecular flexibility index (Phi) is 6.47. The molecule has 0 aliphatic heterocycles. The molecule has 4 heteroatoms. The summed E-state index contributed by atoms with van der Waals surface area (Å²) in [6.07, 6.45) is 0. The van der Waals surface area contributed by atoms with E-state index in [4.69, 9.17) is 4.74 Å². The van der Waals surface area contributed by atoms with E-state index in [1.54, 1.807) is 0 Å². The SMILES string of the molecule is CCNCCOc1ccc2ccccc2c1Br.Cl. The van der Waals surface area contributed by atoms with E-state index < -0.39 is 0 Å². The number of ether oxygens (including phenoxy) is 1. The molecular weight excluding hydrogens is 314 g/mol. The largest absolute Gasteiger partial charge is 0.491 e. The Morgan fingerprint density at radius 1 is 1.17 bits per heavy atom. The van der Waals surface area contributed by atoms with E-state index in [-0.39, 0.29) is 12.4 Å². The minimum atomic E-state index is 0. The summed E-state index contributed by atoms with van der Waals surface area (Å²) in [6.45, 7) is 4.62. The highest BCUT2D eigenvalue weighted by molar-refractivity contribution is 9.10. The van der Waals surface area contributed by atoms with Gasteiger partial charge in [-0.1, -0.05) is 37.3 Å². The molecule has 0 unspecified atom stereocenters. The number of fused-ring (bicyclic) bond motifs is 1. The van der Waals surface area contributed by atoms with E-state index in [0.29, 0.717) is 6.61 Å². The number of likely N-dealkylation sites (N-methyl/N-ethyl adjacent to an activating group) is 1. The third-order valence-electron chi connectivity index (χ3n) is 2.61. The Bertz CT molecular complexity index is 504. The maximum Gasteiger partial charge on any atom is 0.134 e. The van der Waals surface area contributed by atoms with E-state index >= 15 is 0 Å². The molecule has 0 spiro atoms. The molecule has 0 atom stereocenters. The van der Waals surface area contributed by atoms with Crippen LogP contribution in [0.15, 0.2) is 40.9 Å². The number of rotatable bonds is 5. The van der Waals surface area contributed by atoms with Crippen molar-refractivity contribution in [2.45, 2.75) is 6.92 Å². The quantitative estimate of drug-likeness (QED) is 0.836. The summed E-state index contributed by atoms with van der Waals surface area (Å²) in [4.78, 5) is 0. The van der Waals surface area contributed by atoms with Gasteiger partial charge in [0.15, 0.2) is 0 Å². The van der Waals surface area contributed by atoms with Gasteiger partial charge in [-0.2, -0.15) is 0 Å². The number of benzene rings is 2. The van der Waals surface area contributed by atoms with Gasteiger partial charge in [0.1, 0.15) is 12.4 Å². The average Bonchev–Trinajstić information content (AvgIpc) is 2.37. The summed E-state index contributed by atoms with van der Waals surface area (Å²) in [7, 11) is 0. The second-order valence-corrected chi connectivity index (χ2v) is 4.59. The Morgan fingerprint density at radius 3 is 2.72 bits per heavy atom. The third kappa shape index (κ3) is 3.61. The van der Waals surface area contributed by atoms with Gasteiger partial charge in [-0.3, -0.25) is 0 Å². The van der Waals surface area contributed by atoms with Gasteiger partial charge in [-0.15, -0.1) is 12.4 Å². The van der Waals surface area contributed by atoms with Crippen molar-refractivity contribution in [2.24, 2.45) is 0 Å². The smallest absolute Gasteiger partial charge is 0.134 e. The van der Waals surface area contributed by atoms with Gasteiger partial charge < -0.3 is 10.1 Å². The summed E-state index contributed by atoms with van der Waals surface area (Å²) in [5, 5.41) is 5.64. The van der Waals surface area contributed by atoms with E-state index in [1.165, 1.54) is 10.8 Å². The molecule has 0 aliphatic rings. The number of hydrogen-bond donors (Lipinski definition) is 1. The van der Waals surface area contributed by atoms with Crippen LogP contribution >= 0.6 is 28.3 Å². The maximum atomic E-state index is 5.74. The van der Waals surface area contributed by atoms with Crippen LogP contribution in [-0.4, -0.2) is 19.7 Å². The van der Waals surface area contributed by atoms with E-state index in [9.17, 15) is 0 Å². The molecular formula is C14H17BrClNO. The van der Waals surface area contributed by atoms with Crippen LogP contribution in [0.2, 0.25) is 0 Å². The lowest BCUT2D eigenvalue weighted by Gasteiger charge is -2.10. The molecule has 0 fully saturated rings. The zero-order valence-electron chi connectivity index (χ0n) is 10.3. The Balaban J connectivity index is 0.00000162. The van der Waals surface area contributed by atoms with Gasteiger partial charge in [-0.25, -0.2) is 0 Å². The van der Waals surface area contributed by atoms with Crippen LogP contribution in [0.5, 0.6) is 5.75 Å². The standard InChI is InChI=1S/C14H16BrNO.ClH/c1-2-16-9-10-17-13-8-7-11-5-3-4-6-12(11)14(13)15;/h3-8,16H,2,9-10H2,1H3;1H. The van der Waals surface area contributed by atoms with Crippen molar-refractivity contribution in [3.8, 4) is 5.75 Å². The Morgan fingerprint density at radius 2 is 1.94 bits per heavy atom. The first-order valence-electron chi connectivity index (χ1n) is 5.83. The predicted molar refractivity (Wildman–Crippen MR) is 82.9 cm³/mol.